The lowest BCUT2D eigenvalue weighted by Crippen LogP contribution is -2.50. The lowest BCUT2D eigenvalue weighted by atomic mass is 10.1. The van der Waals surface area contributed by atoms with Crippen molar-refractivity contribution >= 4 is 31.8 Å². The Hall–Kier alpha value is -2.77. The Morgan fingerprint density at radius 2 is 1.02 bits per heavy atom. The summed E-state index contributed by atoms with van der Waals surface area (Å²) in [6.45, 7) is 7.56. The molecule has 0 aromatic rings. The van der Waals surface area contributed by atoms with Gasteiger partial charge in [-0.2, -0.15) is 0 Å². The second-order valence-electron chi connectivity index (χ2n) is 17.7. The first-order chi connectivity index (χ1) is 30.6. The molecule has 14 nitrogen and oxygen atoms in total. The van der Waals surface area contributed by atoms with Gasteiger partial charge in [-0.1, -0.05) is 141 Å². The van der Waals surface area contributed by atoms with Crippen LogP contribution in [0.4, 0.5) is 4.79 Å². The number of phosphoric acid groups is 1. The van der Waals surface area contributed by atoms with E-state index in [-0.39, 0.29) is 19.4 Å². The molecule has 0 aromatic carbocycles. The smallest absolute Gasteiger partial charge is 0.462 e. The van der Waals surface area contributed by atoms with Crippen LogP contribution in [-0.2, 0) is 47.0 Å². The van der Waals surface area contributed by atoms with E-state index in [1.165, 1.54) is 91.2 Å². The number of amides is 2. The predicted octanol–water partition coefficient (Wildman–Crippen LogP) is 12.6. The fourth-order valence-electron chi connectivity index (χ4n) is 6.62. The van der Waals surface area contributed by atoms with Crippen molar-refractivity contribution < 1.29 is 56.7 Å². The number of allylic oxidation sites excluding steroid dienone is 4. The van der Waals surface area contributed by atoms with E-state index in [0.717, 1.165) is 82.1 Å². The summed E-state index contributed by atoms with van der Waals surface area (Å²) in [6.07, 6.45) is 36.7. The Kier molecular flexibility index (Phi) is 38.7. The van der Waals surface area contributed by atoms with Gasteiger partial charge in [0.05, 0.1) is 20.3 Å². The molecule has 64 heavy (non-hydrogen) atoms. The van der Waals surface area contributed by atoms with E-state index in [2.05, 4.69) is 43.5 Å². The number of nitrogens with zero attached hydrogens (tertiary/aromatic N) is 1. The molecule has 15 heteroatoms. The van der Waals surface area contributed by atoms with E-state index >= 15 is 0 Å². The molecule has 374 valence electrons. The molecule has 0 saturated carbocycles. The van der Waals surface area contributed by atoms with Gasteiger partial charge in [0.2, 0.25) is 0 Å². The molecular weight excluding hydrogens is 840 g/mol. The number of likely N-dealkylation sites (N-methyl/N-ethyl adjacent to an activating group) is 1. The maximum absolute atomic E-state index is 13.0. The number of ether oxygens (including phenoxy) is 3. The number of nitrogens with one attached hydrogen (secondary N) is 1. The number of hydrogen-bond donors (Lipinski definition) is 2. The number of phosphoric ester groups is 1. The highest BCUT2D eigenvalue weighted by molar-refractivity contribution is 7.47. The molecule has 0 heterocycles. The summed E-state index contributed by atoms with van der Waals surface area (Å²) in [5.41, 5.74) is -0.884. The largest absolute Gasteiger partial charge is 0.472 e. The second kappa shape index (κ2) is 40.5. The topological polar surface area (TPSA) is 176 Å². The molecule has 0 radical (unpaired) electrons. The number of carbonyl (C=O) groups is 4. The highest BCUT2D eigenvalue weighted by Crippen LogP contribution is 2.43. The van der Waals surface area contributed by atoms with Crippen LogP contribution in [0.15, 0.2) is 24.3 Å². The summed E-state index contributed by atoms with van der Waals surface area (Å²) < 4.78 is 39.4. The molecule has 0 spiro atoms. The van der Waals surface area contributed by atoms with E-state index in [9.17, 15) is 28.6 Å². The zero-order valence-corrected chi connectivity index (χ0v) is 42.1. The molecule has 0 aliphatic heterocycles. The molecule has 0 aliphatic rings. The molecule has 0 saturated heterocycles. The Balaban J connectivity index is 4.99. The predicted molar refractivity (Wildman–Crippen MR) is 254 cm³/mol. The van der Waals surface area contributed by atoms with Crippen LogP contribution in [-0.4, -0.2) is 85.6 Å². The van der Waals surface area contributed by atoms with Gasteiger partial charge < -0.3 is 24.4 Å². The molecule has 0 aliphatic carbocycles. The first-order valence-corrected chi connectivity index (χ1v) is 26.2. The van der Waals surface area contributed by atoms with Crippen molar-refractivity contribution in [3.05, 3.63) is 24.3 Å². The SMILES string of the molecule is CCCCCCCC/C=C\CCCCCCCC(=O)OC[C@H](COP(=O)(O)OC[C@H](NC(=O)OC(C)(C)C)C(=O)N(C)OC)OC(=O)CCCCCCC/C=C\CCCCCCCC. The summed E-state index contributed by atoms with van der Waals surface area (Å²) in [4.78, 5) is 66.2. The molecule has 3 atom stereocenters. The molecule has 1 unspecified atom stereocenters. The summed E-state index contributed by atoms with van der Waals surface area (Å²) >= 11 is 0. The highest BCUT2D eigenvalue weighted by atomic mass is 31.2. The Morgan fingerprint density at radius 3 is 1.45 bits per heavy atom. The van der Waals surface area contributed by atoms with Crippen LogP contribution in [0.25, 0.3) is 0 Å². The molecule has 0 fully saturated rings. The van der Waals surface area contributed by atoms with Gasteiger partial charge in [0.25, 0.3) is 5.91 Å². The van der Waals surface area contributed by atoms with Gasteiger partial charge in [-0.3, -0.25) is 28.3 Å². The van der Waals surface area contributed by atoms with Crippen molar-refractivity contribution in [2.75, 3.05) is 34.0 Å². The number of rotatable bonds is 42. The molecular formula is C49H91N2O12P. The second-order valence-corrected chi connectivity index (χ2v) is 19.2. The summed E-state index contributed by atoms with van der Waals surface area (Å²) in [5, 5.41) is 3.12. The van der Waals surface area contributed by atoms with Crippen LogP contribution in [0.5, 0.6) is 0 Å². The third-order valence-electron chi connectivity index (χ3n) is 10.4. The van der Waals surface area contributed by atoms with Crippen molar-refractivity contribution in [2.45, 2.75) is 232 Å². The minimum atomic E-state index is -4.90. The monoisotopic (exact) mass is 931 g/mol. The Labute approximate surface area is 388 Å². The summed E-state index contributed by atoms with van der Waals surface area (Å²) in [6, 6.07) is -1.48. The van der Waals surface area contributed by atoms with Crippen LogP contribution in [0.1, 0.15) is 214 Å². The third kappa shape index (κ3) is 39.6. The van der Waals surface area contributed by atoms with E-state index in [0.29, 0.717) is 12.8 Å². The van der Waals surface area contributed by atoms with Crippen molar-refractivity contribution in [1.29, 1.82) is 0 Å². The van der Waals surface area contributed by atoms with Crippen molar-refractivity contribution in [3.8, 4) is 0 Å². The van der Waals surface area contributed by atoms with Gasteiger partial charge >= 0.3 is 25.9 Å². The Morgan fingerprint density at radius 1 is 0.609 bits per heavy atom. The van der Waals surface area contributed by atoms with Gasteiger partial charge in [0.1, 0.15) is 18.2 Å². The van der Waals surface area contributed by atoms with E-state index in [1.807, 2.05) is 0 Å². The maximum Gasteiger partial charge on any atom is 0.472 e. The molecule has 2 amide bonds. The number of unbranched alkanes of at least 4 members (excludes halogenated alkanes) is 22. The Bertz CT molecular complexity index is 1300. The van der Waals surface area contributed by atoms with Crippen LogP contribution >= 0.6 is 7.82 Å². The molecule has 2 N–H and O–H groups in total. The summed E-state index contributed by atoms with van der Waals surface area (Å²) in [7, 11) is -2.38. The maximum atomic E-state index is 13.0. The molecule has 0 aromatic heterocycles. The van der Waals surface area contributed by atoms with E-state index < -0.39 is 62.7 Å². The number of carbonyl (C=O) groups excluding carboxylic acids is 4. The standard InChI is InChI=1S/C49H91N2O12P/c1-8-10-12-14-16-18-20-22-24-26-28-30-32-34-36-38-45(52)59-40-43(62-46(53)39-37-35-33-31-29-27-25-23-21-19-17-15-13-11-9-2)41-60-64(56,57)61-42-44(47(54)51(6)58-7)50-48(55)63-49(3,4)5/h22-25,43-44H,8-21,26-42H2,1-7H3,(H,50,55)(H,56,57)/b24-22-,25-23-/t43-,44+/m1/s1. The van der Waals surface area contributed by atoms with Crippen molar-refractivity contribution in [1.82, 2.24) is 10.4 Å². The number of alkyl carbamates (subject to hydrolysis) is 1. The minimum Gasteiger partial charge on any atom is -0.462 e. The first kappa shape index (κ1) is 61.2. The number of hydrogen-bond acceptors (Lipinski definition) is 11. The number of hydroxylamine groups is 2. The number of esters is 2. The average molecular weight is 931 g/mol. The van der Waals surface area contributed by atoms with E-state index in [1.54, 1.807) is 20.8 Å². The van der Waals surface area contributed by atoms with Gasteiger partial charge in [-0.15, -0.1) is 0 Å². The van der Waals surface area contributed by atoms with Gasteiger partial charge in [-0.05, 0) is 85.0 Å². The van der Waals surface area contributed by atoms with Crippen LogP contribution < -0.4 is 5.32 Å². The van der Waals surface area contributed by atoms with Gasteiger partial charge in [0, 0.05) is 19.9 Å². The average Bonchev–Trinajstić information content (AvgIpc) is 3.24. The zero-order chi connectivity index (χ0) is 47.7. The first-order valence-electron chi connectivity index (χ1n) is 24.7. The van der Waals surface area contributed by atoms with Crippen molar-refractivity contribution in [2.24, 2.45) is 0 Å². The third-order valence-corrected chi connectivity index (χ3v) is 11.4. The fourth-order valence-corrected chi connectivity index (χ4v) is 7.38. The van der Waals surface area contributed by atoms with E-state index in [4.69, 9.17) is 28.1 Å². The minimum absolute atomic E-state index is 0.123. The summed E-state index contributed by atoms with van der Waals surface area (Å²) in [5.74, 6) is -1.83. The zero-order valence-electron chi connectivity index (χ0n) is 41.2. The van der Waals surface area contributed by atoms with Gasteiger partial charge in [-0.25, -0.2) is 14.4 Å². The van der Waals surface area contributed by atoms with Gasteiger partial charge in [0.15, 0.2) is 6.10 Å². The fraction of sp³-hybridized carbons (Fsp3) is 0.837. The van der Waals surface area contributed by atoms with Crippen LogP contribution in [0.3, 0.4) is 0 Å². The molecule has 0 bridgehead atoms. The lowest BCUT2D eigenvalue weighted by Gasteiger charge is -2.26. The van der Waals surface area contributed by atoms with Crippen LogP contribution in [0, 0.1) is 0 Å². The normalized spacial score (nSPS) is 13.8. The molecule has 0 rings (SSSR count). The quantitative estimate of drug-likeness (QED) is 0.0148. The lowest BCUT2D eigenvalue weighted by molar-refractivity contribution is -0.171. The van der Waals surface area contributed by atoms with Crippen molar-refractivity contribution in [3.63, 3.8) is 0 Å². The highest BCUT2D eigenvalue weighted by Gasteiger charge is 2.32. The van der Waals surface area contributed by atoms with Crippen LogP contribution in [0.2, 0.25) is 0 Å².